The maximum atomic E-state index is 9.82. The third-order valence-electron chi connectivity index (χ3n) is 2.17. The minimum absolute atomic E-state index is 0.0104. The molecule has 12 heavy (non-hydrogen) atoms. The van der Waals surface area contributed by atoms with Gasteiger partial charge in [-0.3, -0.25) is 0 Å². The van der Waals surface area contributed by atoms with Crippen LogP contribution in [0.4, 0.5) is 0 Å². The van der Waals surface area contributed by atoms with Crippen LogP contribution < -0.4 is 0 Å². The highest BCUT2D eigenvalue weighted by atomic mass is 127. The molecule has 3 N–H and O–H groups in total. The van der Waals surface area contributed by atoms with Gasteiger partial charge in [0.2, 0.25) is 0 Å². The lowest BCUT2D eigenvalue weighted by atomic mass is 9.86. The summed E-state index contributed by atoms with van der Waals surface area (Å²) < 4.78 is -0.854. The average Bonchev–Trinajstić information content (AvgIpc) is 1.96. The fourth-order valence-corrected chi connectivity index (χ4v) is 3.32. The molecule has 0 aromatic heterocycles. The molecule has 0 aromatic rings. The summed E-state index contributed by atoms with van der Waals surface area (Å²) >= 11 is 4.09. The molecule has 1 rings (SSSR count). The first-order valence-electron chi connectivity index (χ1n) is 3.81. The van der Waals surface area contributed by atoms with Crippen molar-refractivity contribution < 1.29 is 15.3 Å². The molecule has 0 heterocycles. The lowest BCUT2D eigenvalue weighted by Gasteiger charge is -2.39. The van der Waals surface area contributed by atoms with Gasteiger partial charge in [0.05, 0.1) is 10.0 Å². The van der Waals surface area contributed by atoms with Gasteiger partial charge in [-0.05, 0) is 34.9 Å². The Hall–Kier alpha value is 1.34. The summed E-state index contributed by atoms with van der Waals surface area (Å²) in [7, 11) is 0. The van der Waals surface area contributed by atoms with E-state index in [2.05, 4.69) is 22.6 Å². The van der Waals surface area contributed by atoms with Gasteiger partial charge in [-0.1, -0.05) is 22.6 Å². The number of aliphatic hydroxyl groups excluding tert-OH is 2. The molecule has 1 aliphatic rings. The standard InChI is InChI=1S/C7H12I2O3/c8-6-4(3-10)1-5(11)2-7(6,9)12/h4-6,10-12H,1-3H2. The van der Waals surface area contributed by atoms with Gasteiger partial charge in [0.25, 0.3) is 0 Å². The third-order valence-corrected chi connectivity index (χ3v) is 6.52. The average molecular weight is 398 g/mol. The molecule has 72 valence electrons. The predicted octanol–water partition coefficient (Wildman–Crippen LogP) is 0.677. The van der Waals surface area contributed by atoms with Crippen molar-refractivity contribution >= 4 is 45.2 Å². The van der Waals surface area contributed by atoms with Crippen LogP contribution in [0.1, 0.15) is 12.8 Å². The van der Waals surface area contributed by atoms with Gasteiger partial charge in [-0.15, -0.1) is 0 Å². The molecule has 1 fully saturated rings. The first-order valence-corrected chi connectivity index (χ1v) is 6.14. The molecular weight excluding hydrogens is 386 g/mol. The van der Waals surface area contributed by atoms with Crippen LogP contribution in [0.15, 0.2) is 0 Å². The van der Waals surface area contributed by atoms with Crippen LogP contribution >= 0.6 is 45.2 Å². The van der Waals surface area contributed by atoms with Crippen molar-refractivity contribution in [1.82, 2.24) is 0 Å². The summed E-state index contributed by atoms with van der Waals surface area (Å²) in [5, 5.41) is 28.2. The summed E-state index contributed by atoms with van der Waals surface area (Å²) in [5.74, 6) is 0.0104. The van der Waals surface area contributed by atoms with E-state index < -0.39 is 9.71 Å². The van der Waals surface area contributed by atoms with E-state index in [9.17, 15) is 10.2 Å². The van der Waals surface area contributed by atoms with Crippen molar-refractivity contribution in [1.29, 1.82) is 0 Å². The lowest BCUT2D eigenvalue weighted by Crippen LogP contribution is -2.47. The van der Waals surface area contributed by atoms with Gasteiger partial charge in [-0.25, -0.2) is 0 Å². The van der Waals surface area contributed by atoms with Crippen molar-refractivity contribution in [2.75, 3.05) is 6.61 Å². The van der Waals surface area contributed by atoms with E-state index in [1.807, 2.05) is 22.6 Å². The molecule has 0 bridgehead atoms. The molecule has 4 unspecified atom stereocenters. The predicted molar refractivity (Wildman–Crippen MR) is 62.6 cm³/mol. The van der Waals surface area contributed by atoms with E-state index in [4.69, 9.17) is 5.11 Å². The van der Waals surface area contributed by atoms with Crippen LogP contribution in [0.3, 0.4) is 0 Å². The zero-order valence-corrected chi connectivity index (χ0v) is 10.8. The van der Waals surface area contributed by atoms with Gasteiger partial charge in [-0.2, -0.15) is 0 Å². The van der Waals surface area contributed by atoms with Crippen LogP contribution in [-0.2, 0) is 0 Å². The molecule has 0 aliphatic heterocycles. The van der Waals surface area contributed by atoms with Crippen LogP contribution in [0.25, 0.3) is 0 Å². The molecule has 0 aromatic carbocycles. The Labute approximate surface area is 98.8 Å². The molecule has 4 atom stereocenters. The first-order chi connectivity index (χ1) is 5.47. The second-order valence-corrected chi connectivity index (χ2v) is 6.47. The maximum Gasteiger partial charge on any atom is 0.130 e. The van der Waals surface area contributed by atoms with E-state index in [0.29, 0.717) is 12.8 Å². The normalized spacial score (nSPS) is 49.2. The van der Waals surface area contributed by atoms with Gasteiger partial charge >= 0.3 is 0 Å². The molecule has 3 nitrogen and oxygen atoms in total. The zero-order valence-electron chi connectivity index (χ0n) is 6.45. The minimum atomic E-state index is -0.872. The molecule has 0 saturated heterocycles. The number of rotatable bonds is 1. The van der Waals surface area contributed by atoms with Crippen LogP contribution in [0.5, 0.6) is 0 Å². The maximum absolute atomic E-state index is 9.82. The van der Waals surface area contributed by atoms with E-state index in [-0.39, 0.29) is 16.4 Å². The lowest BCUT2D eigenvalue weighted by molar-refractivity contribution is 0.000247. The van der Waals surface area contributed by atoms with E-state index >= 15 is 0 Å². The number of alkyl halides is 2. The SMILES string of the molecule is OCC1CC(O)CC(O)(I)C1I. The van der Waals surface area contributed by atoms with Gasteiger partial charge in [0.1, 0.15) is 3.61 Å². The van der Waals surface area contributed by atoms with Crippen molar-refractivity contribution in [3.63, 3.8) is 0 Å². The van der Waals surface area contributed by atoms with Gasteiger partial charge < -0.3 is 15.3 Å². The van der Waals surface area contributed by atoms with E-state index in [1.54, 1.807) is 0 Å². The highest BCUT2D eigenvalue weighted by Crippen LogP contribution is 2.42. The number of hydrogen-bond donors (Lipinski definition) is 3. The van der Waals surface area contributed by atoms with Crippen LogP contribution in [-0.4, -0.2) is 35.6 Å². The van der Waals surface area contributed by atoms with Crippen LogP contribution in [0, 0.1) is 5.92 Å². The Bertz CT molecular complexity index is 163. The smallest absolute Gasteiger partial charge is 0.130 e. The second kappa shape index (κ2) is 4.24. The molecule has 0 spiro atoms. The van der Waals surface area contributed by atoms with Crippen molar-refractivity contribution in [3.8, 4) is 0 Å². The largest absolute Gasteiger partial charge is 0.396 e. The molecule has 1 aliphatic carbocycles. The second-order valence-electron chi connectivity index (χ2n) is 3.26. The van der Waals surface area contributed by atoms with E-state index in [1.165, 1.54) is 0 Å². The van der Waals surface area contributed by atoms with Gasteiger partial charge in [0, 0.05) is 13.0 Å². The Morgan fingerprint density at radius 3 is 2.58 bits per heavy atom. The fourth-order valence-electron chi connectivity index (χ4n) is 1.52. The quantitative estimate of drug-likeness (QED) is 0.450. The number of halogens is 2. The summed E-state index contributed by atoms with van der Waals surface area (Å²) in [4.78, 5) is 0. The summed E-state index contributed by atoms with van der Waals surface area (Å²) in [6, 6.07) is 0. The van der Waals surface area contributed by atoms with Crippen molar-refractivity contribution in [3.05, 3.63) is 0 Å². The number of aliphatic hydroxyl groups is 3. The van der Waals surface area contributed by atoms with Crippen molar-refractivity contribution in [2.45, 2.75) is 26.5 Å². The highest BCUT2D eigenvalue weighted by Gasteiger charge is 2.44. The summed E-state index contributed by atoms with van der Waals surface area (Å²) in [6.45, 7) is 0.0377. The summed E-state index contributed by atoms with van der Waals surface area (Å²) in [6.07, 6.45) is 0.516. The number of hydrogen-bond acceptors (Lipinski definition) is 3. The Kier molecular flexibility index (Phi) is 4.04. The highest BCUT2D eigenvalue weighted by molar-refractivity contribution is 14.1. The zero-order chi connectivity index (χ0) is 9.35. The Morgan fingerprint density at radius 1 is 1.50 bits per heavy atom. The topological polar surface area (TPSA) is 60.7 Å². The first kappa shape index (κ1) is 11.4. The monoisotopic (exact) mass is 398 g/mol. The third kappa shape index (κ3) is 2.43. The van der Waals surface area contributed by atoms with E-state index in [0.717, 1.165) is 0 Å². The Balaban J connectivity index is 2.68. The fraction of sp³-hybridized carbons (Fsp3) is 1.00. The molecule has 1 saturated carbocycles. The van der Waals surface area contributed by atoms with Crippen LogP contribution in [0.2, 0.25) is 0 Å². The Morgan fingerprint density at radius 2 is 2.08 bits per heavy atom. The van der Waals surface area contributed by atoms with Gasteiger partial charge in [0.15, 0.2) is 0 Å². The van der Waals surface area contributed by atoms with Crippen molar-refractivity contribution in [2.24, 2.45) is 5.92 Å². The summed E-state index contributed by atoms with van der Waals surface area (Å²) in [5.41, 5.74) is 0. The molecule has 0 amide bonds. The molecule has 5 heteroatoms. The minimum Gasteiger partial charge on any atom is -0.396 e. The molecule has 0 radical (unpaired) electrons. The molecular formula is C7H12I2O3.